The van der Waals surface area contributed by atoms with Crippen molar-refractivity contribution in [3.05, 3.63) is 59.2 Å². The van der Waals surface area contributed by atoms with Gasteiger partial charge in [0.15, 0.2) is 0 Å². The molecule has 2 rings (SSSR count). The van der Waals surface area contributed by atoms with E-state index in [2.05, 4.69) is 0 Å². The van der Waals surface area contributed by atoms with Crippen molar-refractivity contribution in [3.8, 4) is 11.5 Å². The highest BCUT2D eigenvalue weighted by molar-refractivity contribution is 5.38. The number of hydrogen-bond acceptors (Lipinski definition) is 3. The van der Waals surface area contributed by atoms with E-state index in [-0.39, 0.29) is 0 Å². The van der Waals surface area contributed by atoms with Gasteiger partial charge in [-0.05, 0) is 43.7 Å². The van der Waals surface area contributed by atoms with Crippen LogP contribution in [0.1, 0.15) is 29.7 Å². The summed E-state index contributed by atoms with van der Waals surface area (Å²) in [5, 5.41) is 9.81. The number of hydrogen-bond donors (Lipinski definition) is 1. The minimum Gasteiger partial charge on any atom is -0.497 e. The fourth-order valence-corrected chi connectivity index (χ4v) is 2.20. The molecule has 112 valence electrons. The fraction of sp³-hybridized carbons (Fsp3) is 0.333. The molecule has 2 aromatic rings. The SMILES string of the molecule is COc1ccc(CCOc2ccc(C)cc2[C@@H](C)O)cc1. The maximum atomic E-state index is 9.81. The summed E-state index contributed by atoms with van der Waals surface area (Å²) in [6, 6.07) is 13.8. The summed E-state index contributed by atoms with van der Waals surface area (Å²) < 4.78 is 11.0. The van der Waals surface area contributed by atoms with Crippen LogP contribution in [0.15, 0.2) is 42.5 Å². The first-order valence-corrected chi connectivity index (χ1v) is 7.14. The Kier molecular flexibility index (Phi) is 5.23. The van der Waals surface area contributed by atoms with Crippen LogP contribution in [0.2, 0.25) is 0 Å². The molecule has 0 spiro atoms. The maximum absolute atomic E-state index is 9.81. The Morgan fingerprint density at radius 1 is 1.10 bits per heavy atom. The van der Waals surface area contributed by atoms with Gasteiger partial charge in [0.1, 0.15) is 11.5 Å². The number of aliphatic hydroxyl groups is 1. The molecule has 0 aliphatic heterocycles. The van der Waals surface area contributed by atoms with Gasteiger partial charge in [-0.3, -0.25) is 0 Å². The molecule has 0 saturated carbocycles. The molecule has 0 amide bonds. The Morgan fingerprint density at radius 3 is 2.43 bits per heavy atom. The van der Waals surface area contributed by atoms with E-state index in [1.54, 1.807) is 14.0 Å². The van der Waals surface area contributed by atoms with Crippen molar-refractivity contribution in [1.29, 1.82) is 0 Å². The van der Waals surface area contributed by atoms with Crippen molar-refractivity contribution < 1.29 is 14.6 Å². The van der Waals surface area contributed by atoms with Crippen LogP contribution in [0, 0.1) is 6.92 Å². The Bertz CT molecular complexity index is 574. The van der Waals surface area contributed by atoms with Gasteiger partial charge in [0.2, 0.25) is 0 Å². The number of methoxy groups -OCH3 is 1. The highest BCUT2D eigenvalue weighted by atomic mass is 16.5. The lowest BCUT2D eigenvalue weighted by Gasteiger charge is -2.14. The average molecular weight is 286 g/mol. The molecule has 0 bridgehead atoms. The number of aryl methyl sites for hydroxylation is 1. The molecule has 0 fully saturated rings. The molecule has 0 radical (unpaired) electrons. The van der Waals surface area contributed by atoms with Crippen LogP contribution >= 0.6 is 0 Å². The van der Waals surface area contributed by atoms with Crippen LogP contribution in [-0.2, 0) is 6.42 Å². The topological polar surface area (TPSA) is 38.7 Å². The van der Waals surface area contributed by atoms with E-state index in [0.717, 1.165) is 29.0 Å². The summed E-state index contributed by atoms with van der Waals surface area (Å²) >= 11 is 0. The molecule has 21 heavy (non-hydrogen) atoms. The van der Waals surface area contributed by atoms with Gasteiger partial charge in [0.05, 0.1) is 19.8 Å². The standard InChI is InChI=1S/C18H22O3/c1-13-4-9-18(17(12-13)14(2)19)21-11-10-15-5-7-16(20-3)8-6-15/h4-9,12,14,19H,10-11H2,1-3H3/t14-/m1/s1. The Hall–Kier alpha value is -2.00. The van der Waals surface area contributed by atoms with Crippen LogP contribution in [0.4, 0.5) is 0 Å². The monoisotopic (exact) mass is 286 g/mol. The summed E-state index contributed by atoms with van der Waals surface area (Å²) in [5.74, 6) is 1.61. The summed E-state index contributed by atoms with van der Waals surface area (Å²) in [6.45, 7) is 4.34. The lowest BCUT2D eigenvalue weighted by Crippen LogP contribution is -2.05. The minimum absolute atomic E-state index is 0.527. The highest BCUT2D eigenvalue weighted by Gasteiger charge is 2.09. The molecule has 0 aliphatic carbocycles. The van der Waals surface area contributed by atoms with Crippen molar-refractivity contribution in [1.82, 2.24) is 0 Å². The predicted octanol–water partition coefficient (Wildman–Crippen LogP) is 3.68. The normalized spacial score (nSPS) is 12.0. The second-order valence-corrected chi connectivity index (χ2v) is 5.16. The summed E-state index contributed by atoms with van der Waals surface area (Å²) in [7, 11) is 1.66. The third-order valence-electron chi connectivity index (χ3n) is 3.42. The Morgan fingerprint density at radius 2 is 1.81 bits per heavy atom. The molecular formula is C18H22O3. The van der Waals surface area contributed by atoms with Gasteiger partial charge in [0.25, 0.3) is 0 Å². The summed E-state index contributed by atoms with van der Waals surface area (Å²) in [4.78, 5) is 0. The number of ether oxygens (including phenoxy) is 2. The van der Waals surface area contributed by atoms with E-state index in [1.165, 1.54) is 5.56 Å². The molecule has 3 heteroatoms. The third kappa shape index (κ3) is 4.23. The Balaban J connectivity index is 1.96. The molecule has 0 heterocycles. The van der Waals surface area contributed by atoms with Gasteiger partial charge in [0, 0.05) is 12.0 Å². The van der Waals surface area contributed by atoms with Crippen LogP contribution < -0.4 is 9.47 Å². The van der Waals surface area contributed by atoms with Gasteiger partial charge in [-0.1, -0.05) is 23.8 Å². The zero-order valence-electron chi connectivity index (χ0n) is 12.8. The van der Waals surface area contributed by atoms with E-state index in [0.29, 0.717) is 6.61 Å². The summed E-state index contributed by atoms with van der Waals surface area (Å²) in [6.07, 6.45) is 0.290. The smallest absolute Gasteiger partial charge is 0.125 e. The first-order chi connectivity index (χ1) is 10.1. The van der Waals surface area contributed by atoms with E-state index in [1.807, 2.05) is 49.4 Å². The van der Waals surface area contributed by atoms with Crippen molar-refractivity contribution in [2.75, 3.05) is 13.7 Å². The largest absolute Gasteiger partial charge is 0.497 e. The quantitative estimate of drug-likeness (QED) is 0.880. The summed E-state index contributed by atoms with van der Waals surface area (Å²) in [5.41, 5.74) is 3.15. The lowest BCUT2D eigenvalue weighted by molar-refractivity contribution is 0.191. The van der Waals surface area contributed by atoms with Gasteiger partial charge in [-0.25, -0.2) is 0 Å². The van der Waals surface area contributed by atoms with Gasteiger partial charge < -0.3 is 14.6 Å². The lowest BCUT2D eigenvalue weighted by atomic mass is 10.1. The van der Waals surface area contributed by atoms with Gasteiger partial charge in [-0.15, -0.1) is 0 Å². The van der Waals surface area contributed by atoms with Crippen molar-refractivity contribution in [2.45, 2.75) is 26.4 Å². The van der Waals surface area contributed by atoms with Crippen molar-refractivity contribution >= 4 is 0 Å². The van der Waals surface area contributed by atoms with Gasteiger partial charge in [-0.2, -0.15) is 0 Å². The van der Waals surface area contributed by atoms with Crippen LogP contribution in [0.25, 0.3) is 0 Å². The number of rotatable bonds is 6. The van der Waals surface area contributed by atoms with Gasteiger partial charge >= 0.3 is 0 Å². The third-order valence-corrected chi connectivity index (χ3v) is 3.42. The van der Waals surface area contributed by atoms with E-state index in [4.69, 9.17) is 9.47 Å². The molecule has 0 aliphatic rings. The van der Waals surface area contributed by atoms with Crippen molar-refractivity contribution in [2.24, 2.45) is 0 Å². The second-order valence-electron chi connectivity index (χ2n) is 5.16. The van der Waals surface area contributed by atoms with E-state index in [9.17, 15) is 5.11 Å². The van der Waals surface area contributed by atoms with E-state index < -0.39 is 6.10 Å². The average Bonchev–Trinajstić information content (AvgIpc) is 2.49. The molecule has 0 unspecified atom stereocenters. The molecule has 1 N–H and O–H groups in total. The second kappa shape index (κ2) is 7.14. The highest BCUT2D eigenvalue weighted by Crippen LogP contribution is 2.26. The van der Waals surface area contributed by atoms with Crippen LogP contribution in [0.3, 0.4) is 0 Å². The maximum Gasteiger partial charge on any atom is 0.125 e. The van der Waals surface area contributed by atoms with Crippen LogP contribution in [0.5, 0.6) is 11.5 Å². The molecule has 0 saturated heterocycles. The molecule has 3 nitrogen and oxygen atoms in total. The fourth-order valence-electron chi connectivity index (χ4n) is 2.20. The predicted molar refractivity (Wildman–Crippen MR) is 84.0 cm³/mol. The van der Waals surface area contributed by atoms with Crippen LogP contribution in [-0.4, -0.2) is 18.8 Å². The molecular weight excluding hydrogens is 264 g/mol. The van der Waals surface area contributed by atoms with Crippen molar-refractivity contribution in [3.63, 3.8) is 0 Å². The molecule has 0 aromatic heterocycles. The zero-order valence-corrected chi connectivity index (χ0v) is 12.8. The Labute approximate surface area is 126 Å². The molecule has 1 atom stereocenters. The number of aliphatic hydroxyl groups excluding tert-OH is 1. The first kappa shape index (κ1) is 15.4. The molecule has 2 aromatic carbocycles. The first-order valence-electron chi connectivity index (χ1n) is 7.14. The number of benzene rings is 2. The minimum atomic E-state index is -0.527. The van der Waals surface area contributed by atoms with E-state index >= 15 is 0 Å². The zero-order chi connectivity index (χ0) is 15.2.